The third kappa shape index (κ3) is 1.86. The van der Waals surface area contributed by atoms with Gasteiger partial charge in [-0.05, 0) is 25.0 Å². The molecular weight excluding hydrogens is 176 g/mol. The summed E-state index contributed by atoms with van der Waals surface area (Å²) in [5.74, 6) is 0.772. The van der Waals surface area contributed by atoms with Crippen molar-refractivity contribution in [3.63, 3.8) is 0 Å². The molecule has 2 rings (SSSR count). The number of hydrogen-bond donors (Lipinski definition) is 1. The molecule has 0 unspecified atom stereocenters. The van der Waals surface area contributed by atoms with Crippen molar-refractivity contribution in [1.29, 1.82) is 5.26 Å². The predicted molar refractivity (Wildman–Crippen MR) is 52.7 cm³/mol. The van der Waals surface area contributed by atoms with E-state index in [1.807, 2.05) is 6.07 Å². The van der Waals surface area contributed by atoms with Crippen LogP contribution in [0.2, 0.25) is 0 Å². The van der Waals surface area contributed by atoms with Gasteiger partial charge in [0, 0.05) is 12.1 Å². The van der Waals surface area contributed by atoms with Crippen molar-refractivity contribution >= 4 is 0 Å². The van der Waals surface area contributed by atoms with E-state index in [1.54, 1.807) is 12.1 Å². The Bertz CT molecular complexity index is 377. The maximum absolute atomic E-state index is 8.74. The van der Waals surface area contributed by atoms with Crippen LogP contribution in [-0.2, 0) is 6.54 Å². The van der Waals surface area contributed by atoms with Crippen LogP contribution >= 0.6 is 0 Å². The van der Waals surface area contributed by atoms with E-state index in [0.29, 0.717) is 18.2 Å². The number of nitrogens with zero attached hydrogens (tertiary/aromatic N) is 1. The van der Waals surface area contributed by atoms with Gasteiger partial charge in [-0.25, -0.2) is 0 Å². The van der Waals surface area contributed by atoms with Crippen LogP contribution in [0.1, 0.15) is 24.0 Å². The Hall–Kier alpha value is -1.53. The molecule has 1 fully saturated rings. The van der Waals surface area contributed by atoms with Gasteiger partial charge in [0.15, 0.2) is 0 Å². The van der Waals surface area contributed by atoms with Crippen molar-refractivity contribution < 1.29 is 4.74 Å². The highest BCUT2D eigenvalue weighted by molar-refractivity contribution is 5.42. The van der Waals surface area contributed by atoms with Crippen LogP contribution in [-0.4, -0.2) is 6.10 Å². The molecule has 72 valence electrons. The first kappa shape index (κ1) is 9.04. The van der Waals surface area contributed by atoms with E-state index in [4.69, 9.17) is 15.7 Å². The Labute approximate surface area is 83.1 Å². The third-order valence-electron chi connectivity index (χ3n) is 2.23. The monoisotopic (exact) mass is 188 g/mol. The number of ether oxygens (including phenoxy) is 1. The molecule has 1 saturated carbocycles. The van der Waals surface area contributed by atoms with Gasteiger partial charge >= 0.3 is 0 Å². The lowest BCUT2D eigenvalue weighted by Gasteiger charge is -2.09. The van der Waals surface area contributed by atoms with Crippen LogP contribution in [0.3, 0.4) is 0 Å². The fourth-order valence-electron chi connectivity index (χ4n) is 1.27. The number of hydrogen-bond acceptors (Lipinski definition) is 3. The van der Waals surface area contributed by atoms with Gasteiger partial charge in [-0.2, -0.15) is 5.26 Å². The Morgan fingerprint density at radius 1 is 1.50 bits per heavy atom. The molecule has 0 atom stereocenters. The van der Waals surface area contributed by atoms with Gasteiger partial charge in [-0.1, -0.05) is 6.07 Å². The summed E-state index contributed by atoms with van der Waals surface area (Å²) in [5, 5.41) is 8.74. The minimum atomic E-state index is 0.342. The van der Waals surface area contributed by atoms with E-state index < -0.39 is 0 Å². The van der Waals surface area contributed by atoms with Gasteiger partial charge in [0.2, 0.25) is 0 Å². The maximum atomic E-state index is 8.74. The van der Waals surface area contributed by atoms with E-state index >= 15 is 0 Å². The average molecular weight is 188 g/mol. The summed E-state index contributed by atoms with van der Waals surface area (Å²) in [7, 11) is 0. The molecule has 3 heteroatoms. The third-order valence-corrected chi connectivity index (χ3v) is 2.23. The molecule has 0 aromatic heterocycles. The highest BCUT2D eigenvalue weighted by atomic mass is 16.5. The van der Waals surface area contributed by atoms with E-state index in [2.05, 4.69) is 6.07 Å². The summed E-state index contributed by atoms with van der Waals surface area (Å²) in [6.45, 7) is 0.452. The van der Waals surface area contributed by atoms with Crippen molar-refractivity contribution in [2.75, 3.05) is 0 Å². The zero-order valence-electron chi connectivity index (χ0n) is 7.86. The summed E-state index contributed by atoms with van der Waals surface area (Å²) in [6, 6.07) is 7.48. The first-order valence-electron chi connectivity index (χ1n) is 4.73. The minimum Gasteiger partial charge on any atom is -0.490 e. The summed E-state index contributed by atoms with van der Waals surface area (Å²) in [4.78, 5) is 0. The average Bonchev–Trinajstić information content (AvgIpc) is 3.01. The molecule has 2 N–H and O–H groups in total. The standard InChI is InChI=1S/C11H12N2O/c12-6-8-1-2-9(7-13)11(5-8)14-10-3-4-10/h1-2,5,10H,3-4,7,13H2. The van der Waals surface area contributed by atoms with Gasteiger partial charge in [-0.15, -0.1) is 0 Å². The van der Waals surface area contributed by atoms with E-state index in [9.17, 15) is 0 Å². The molecule has 1 aliphatic carbocycles. The summed E-state index contributed by atoms with van der Waals surface area (Å²) in [5.41, 5.74) is 7.17. The van der Waals surface area contributed by atoms with Crippen LogP contribution in [0.5, 0.6) is 5.75 Å². The van der Waals surface area contributed by atoms with Crippen LogP contribution in [0.4, 0.5) is 0 Å². The second-order valence-electron chi connectivity index (χ2n) is 3.46. The second kappa shape index (κ2) is 3.69. The largest absolute Gasteiger partial charge is 0.490 e. The molecule has 0 bridgehead atoms. The van der Waals surface area contributed by atoms with Crippen LogP contribution in [0.25, 0.3) is 0 Å². The lowest BCUT2D eigenvalue weighted by molar-refractivity contribution is 0.300. The molecule has 3 nitrogen and oxygen atoms in total. The number of benzene rings is 1. The first-order valence-corrected chi connectivity index (χ1v) is 4.73. The second-order valence-corrected chi connectivity index (χ2v) is 3.46. The lowest BCUT2D eigenvalue weighted by atomic mass is 10.1. The highest BCUT2D eigenvalue weighted by Gasteiger charge is 2.24. The number of nitrogens with two attached hydrogens (primary N) is 1. The number of nitriles is 1. The van der Waals surface area contributed by atoms with Gasteiger partial charge in [-0.3, -0.25) is 0 Å². The Balaban J connectivity index is 2.27. The Kier molecular flexibility index (Phi) is 2.38. The molecule has 1 aromatic carbocycles. The van der Waals surface area contributed by atoms with Crippen LogP contribution in [0, 0.1) is 11.3 Å². The van der Waals surface area contributed by atoms with Gasteiger partial charge in [0.05, 0.1) is 17.7 Å². The molecule has 0 amide bonds. The normalized spacial score (nSPS) is 14.9. The first-order chi connectivity index (χ1) is 6.83. The molecule has 1 aliphatic rings. The fourth-order valence-corrected chi connectivity index (χ4v) is 1.27. The highest BCUT2D eigenvalue weighted by Crippen LogP contribution is 2.29. The SMILES string of the molecule is N#Cc1ccc(CN)c(OC2CC2)c1. The zero-order valence-corrected chi connectivity index (χ0v) is 7.86. The van der Waals surface area contributed by atoms with Crippen LogP contribution in [0.15, 0.2) is 18.2 Å². The molecule has 0 heterocycles. The quantitative estimate of drug-likeness (QED) is 0.783. The predicted octanol–water partition coefficient (Wildman–Crippen LogP) is 1.56. The van der Waals surface area contributed by atoms with Crippen molar-refractivity contribution in [3.8, 4) is 11.8 Å². The molecule has 0 aliphatic heterocycles. The van der Waals surface area contributed by atoms with Crippen molar-refractivity contribution in [3.05, 3.63) is 29.3 Å². The molecule has 0 saturated heterocycles. The smallest absolute Gasteiger partial charge is 0.125 e. The summed E-state index contributed by atoms with van der Waals surface area (Å²) >= 11 is 0. The Morgan fingerprint density at radius 2 is 2.29 bits per heavy atom. The minimum absolute atomic E-state index is 0.342. The maximum Gasteiger partial charge on any atom is 0.125 e. The molecule has 14 heavy (non-hydrogen) atoms. The summed E-state index contributed by atoms with van der Waals surface area (Å²) < 4.78 is 5.66. The van der Waals surface area contributed by atoms with Crippen molar-refractivity contribution in [2.45, 2.75) is 25.5 Å². The fraction of sp³-hybridized carbons (Fsp3) is 0.364. The van der Waals surface area contributed by atoms with Gasteiger partial charge in [0.25, 0.3) is 0 Å². The molecule has 0 radical (unpaired) electrons. The molecular formula is C11H12N2O. The van der Waals surface area contributed by atoms with Gasteiger partial charge < -0.3 is 10.5 Å². The van der Waals surface area contributed by atoms with E-state index in [0.717, 1.165) is 24.2 Å². The van der Waals surface area contributed by atoms with E-state index in [-0.39, 0.29) is 0 Å². The van der Waals surface area contributed by atoms with Crippen LogP contribution < -0.4 is 10.5 Å². The Morgan fingerprint density at radius 3 is 2.86 bits per heavy atom. The topological polar surface area (TPSA) is 59.0 Å². The van der Waals surface area contributed by atoms with Crippen molar-refractivity contribution in [1.82, 2.24) is 0 Å². The molecule has 1 aromatic rings. The lowest BCUT2D eigenvalue weighted by Crippen LogP contribution is -2.04. The zero-order chi connectivity index (χ0) is 9.97. The summed E-state index contributed by atoms with van der Waals surface area (Å²) in [6.07, 6.45) is 2.57. The molecule has 0 spiro atoms. The van der Waals surface area contributed by atoms with Crippen molar-refractivity contribution in [2.24, 2.45) is 5.73 Å². The van der Waals surface area contributed by atoms with E-state index in [1.165, 1.54) is 0 Å². The van der Waals surface area contributed by atoms with Gasteiger partial charge in [0.1, 0.15) is 5.75 Å². The number of rotatable bonds is 3.